The van der Waals surface area contributed by atoms with Gasteiger partial charge in [-0.2, -0.15) is 0 Å². The molecule has 0 amide bonds. The number of carboxylic acid groups (broad SMARTS) is 1. The van der Waals surface area contributed by atoms with Crippen molar-refractivity contribution in [2.45, 2.75) is 0 Å². The number of hydrogen-bond acceptors (Lipinski definition) is 7. The molecule has 3 rings (SSSR count). The molecule has 2 aromatic carbocycles. The smallest absolute Gasteiger partial charge is 0.375 e. The van der Waals surface area contributed by atoms with Crippen molar-refractivity contribution in [3.8, 4) is 45.4 Å². The maximum atomic E-state index is 11.7. The lowest BCUT2D eigenvalue weighted by Crippen LogP contribution is -1.99. The second kappa shape index (κ2) is 7.91. The maximum absolute atomic E-state index is 11.7. The minimum Gasteiger partial charge on any atom is -0.497 e. The van der Waals surface area contributed by atoms with E-state index in [1.165, 1.54) is 21.3 Å². The van der Waals surface area contributed by atoms with Crippen LogP contribution in [-0.2, 0) is 0 Å². The number of carbonyl (C=O) groups is 1. The average molecular weight is 385 g/mol. The van der Waals surface area contributed by atoms with Crippen LogP contribution in [0.3, 0.4) is 0 Å². The van der Waals surface area contributed by atoms with Gasteiger partial charge < -0.3 is 28.6 Å². The van der Waals surface area contributed by atoms with Crippen molar-refractivity contribution in [2.75, 3.05) is 28.4 Å². The van der Waals surface area contributed by atoms with Crippen molar-refractivity contribution >= 4 is 5.97 Å². The van der Waals surface area contributed by atoms with Crippen molar-refractivity contribution in [1.29, 1.82) is 0 Å². The number of benzene rings is 2. The molecule has 0 aliphatic rings. The van der Waals surface area contributed by atoms with E-state index in [2.05, 4.69) is 5.16 Å². The highest BCUT2D eigenvalue weighted by Gasteiger charge is 2.26. The fourth-order valence-electron chi connectivity index (χ4n) is 2.88. The Morgan fingerprint density at radius 3 is 1.96 bits per heavy atom. The van der Waals surface area contributed by atoms with Gasteiger partial charge in [0, 0.05) is 5.56 Å². The van der Waals surface area contributed by atoms with Crippen molar-refractivity contribution in [2.24, 2.45) is 0 Å². The van der Waals surface area contributed by atoms with Gasteiger partial charge in [-0.15, -0.1) is 0 Å². The normalized spacial score (nSPS) is 10.4. The van der Waals surface area contributed by atoms with Gasteiger partial charge in [0.25, 0.3) is 5.76 Å². The van der Waals surface area contributed by atoms with Gasteiger partial charge in [-0.05, 0) is 42.0 Å². The van der Waals surface area contributed by atoms with Crippen LogP contribution in [0.4, 0.5) is 0 Å². The standard InChI is InChI=1S/C20H19NO7/c1-24-13-7-5-11(6-8-13)17-16(19(20(22)23)28-21-17)12-9-14(25-2)18(27-4)15(10-12)26-3/h5-10H,1-4H3,(H,22,23). The van der Waals surface area contributed by atoms with Crippen LogP contribution < -0.4 is 18.9 Å². The Bertz CT molecular complexity index is 967. The molecule has 0 bridgehead atoms. The lowest BCUT2D eigenvalue weighted by atomic mass is 9.98. The van der Waals surface area contributed by atoms with E-state index >= 15 is 0 Å². The highest BCUT2D eigenvalue weighted by molar-refractivity contribution is 5.98. The number of ether oxygens (including phenoxy) is 4. The third-order valence-corrected chi connectivity index (χ3v) is 4.20. The molecule has 1 aromatic heterocycles. The van der Waals surface area contributed by atoms with Gasteiger partial charge in [-0.25, -0.2) is 4.79 Å². The topological polar surface area (TPSA) is 100 Å². The Kier molecular flexibility index (Phi) is 5.39. The average Bonchev–Trinajstić information content (AvgIpc) is 3.18. The Hall–Kier alpha value is -3.68. The van der Waals surface area contributed by atoms with Crippen LogP contribution in [0.25, 0.3) is 22.4 Å². The molecule has 146 valence electrons. The van der Waals surface area contributed by atoms with E-state index in [0.717, 1.165) is 0 Å². The van der Waals surface area contributed by atoms with Crippen LogP contribution in [0.2, 0.25) is 0 Å². The monoisotopic (exact) mass is 385 g/mol. The highest BCUT2D eigenvalue weighted by atomic mass is 16.5. The molecule has 0 aliphatic heterocycles. The minimum atomic E-state index is -1.24. The summed E-state index contributed by atoms with van der Waals surface area (Å²) in [5.41, 5.74) is 1.84. The molecule has 3 aromatic rings. The number of nitrogens with zero attached hydrogens (tertiary/aromatic N) is 1. The highest BCUT2D eigenvalue weighted by Crippen LogP contribution is 2.44. The van der Waals surface area contributed by atoms with Crippen molar-refractivity contribution < 1.29 is 33.4 Å². The second-order valence-electron chi connectivity index (χ2n) is 5.68. The van der Waals surface area contributed by atoms with Crippen LogP contribution in [0.1, 0.15) is 10.6 Å². The van der Waals surface area contributed by atoms with E-state index in [9.17, 15) is 9.90 Å². The lowest BCUT2D eigenvalue weighted by molar-refractivity contribution is 0.0653. The summed E-state index contributed by atoms with van der Waals surface area (Å²) in [5.74, 6) is 0.300. The number of rotatable bonds is 7. The summed E-state index contributed by atoms with van der Waals surface area (Å²) in [7, 11) is 6.02. The van der Waals surface area contributed by atoms with Crippen LogP contribution in [0.5, 0.6) is 23.0 Å². The molecule has 8 heteroatoms. The van der Waals surface area contributed by atoms with Gasteiger partial charge in [0.2, 0.25) is 5.75 Å². The predicted molar refractivity (Wildman–Crippen MR) is 101 cm³/mol. The molecular formula is C20H19NO7. The molecule has 0 spiro atoms. The molecule has 0 unspecified atom stereocenters. The van der Waals surface area contributed by atoms with Gasteiger partial charge >= 0.3 is 5.97 Å². The molecule has 0 aliphatic carbocycles. The van der Waals surface area contributed by atoms with Gasteiger partial charge in [0.05, 0.1) is 34.0 Å². The van der Waals surface area contributed by atoms with Crippen LogP contribution in [0.15, 0.2) is 40.9 Å². The number of carboxylic acids is 1. The zero-order valence-electron chi connectivity index (χ0n) is 15.8. The third-order valence-electron chi connectivity index (χ3n) is 4.20. The molecule has 1 heterocycles. The van der Waals surface area contributed by atoms with E-state index < -0.39 is 5.97 Å². The van der Waals surface area contributed by atoms with E-state index in [0.29, 0.717) is 45.4 Å². The number of methoxy groups -OCH3 is 4. The zero-order chi connectivity index (χ0) is 20.3. The summed E-state index contributed by atoms with van der Waals surface area (Å²) in [6.07, 6.45) is 0. The number of aromatic carboxylic acids is 1. The summed E-state index contributed by atoms with van der Waals surface area (Å²) in [5, 5.41) is 13.6. The lowest BCUT2D eigenvalue weighted by Gasteiger charge is -2.14. The zero-order valence-corrected chi connectivity index (χ0v) is 15.8. The van der Waals surface area contributed by atoms with E-state index in [-0.39, 0.29) is 5.76 Å². The van der Waals surface area contributed by atoms with Gasteiger partial charge in [0.15, 0.2) is 11.5 Å². The quantitative estimate of drug-likeness (QED) is 0.656. The molecule has 0 radical (unpaired) electrons. The first-order chi connectivity index (χ1) is 13.5. The first kappa shape index (κ1) is 19.1. The number of hydrogen-bond donors (Lipinski definition) is 1. The molecular weight excluding hydrogens is 366 g/mol. The van der Waals surface area contributed by atoms with Crippen LogP contribution in [0, 0.1) is 0 Å². The van der Waals surface area contributed by atoms with Gasteiger partial charge in [-0.3, -0.25) is 0 Å². The van der Waals surface area contributed by atoms with Crippen molar-refractivity contribution in [3.63, 3.8) is 0 Å². The Morgan fingerprint density at radius 1 is 0.893 bits per heavy atom. The van der Waals surface area contributed by atoms with Crippen molar-refractivity contribution in [1.82, 2.24) is 5.16 Å². The summed E-state index contributed by atoms with van der Waals surface area (Å²) in [6, 6.07) is 10.3. The van der Waals surface area contributed by atoms with Crippen LogP contribution in [-0.4, -0.2) is 44.7 Å². The maximum Gasteiger partial charge on any atom is 0.375 e. The second-order valence-corrected chi connectivity index (χ2v) is 5.68. The predicted octanol–water partition coefficient (Wildman–Crippen LogP) is 3.74. The van der Waals surface area contributed by atoms with Crippen LogP contribution >= 0.6 is 0 Å². The Labute approximate surface area is 161 Å². The molecule has 0 fully saturated rings. The largest absolute Gasteiger partial charge is 0.497 e. The molecule has 1 N–H and O–H groups in total. The first-order valence-corrected chi connectivity index (χ1v) is 8.21. The van der Waals surface area contributed by atoms with E-state index in [1.54, 1.807) is 43.5 Å². The summed E-state index contributed by atoms with van der Waals surface area (Å²) >= 11 is 0. The van der Waals surface area contributed by atoms with E-state index in [4.69, 9.17) is 23.5 Å². The summed E-state index contributed by atoms with van der Waals surface area (Å²) < 4.78 is 26.4. The minimum absolute atomic E-state index is 0.292. The molecule has 0 saturated heterocycles. The molecule has 8 nitrogen and oxygen atoms in total. The van der Waals surface area contributed by atoms with Gasteiger partial charge in [-0.1, -0.05) is 5.16 Å². The molecule has 0 atom stereocenters. The SMILES string of the molecule is COc1ccc(-c2noc(C(=O)O)c2-c2cc(OC)c(OC)c(OC)c2)cc1. The molecule has 28 heavy (non-hydrogen) atoms. The summed E-state index contributed by atoms with van der Waals surface area (Å²) in [4.78, 5) is 11.7. The van der Waals surface area contributed by atoms with E-state index in [1.807, 2.05) is 0 Å². The molecule has 0 saturated carbocycles. The Balaban J connectivity index is 2.25. The van der Waals surface area contributed by atoms with Gasteiger partial charge in [0.1, 0.15) is 11.4 Å². The summed E-state index contributed by atoms with van der Waals surface area (Å²) in [6.45, 7) is 0. The third kappa shape index (κ3) is 3.32. The number of aromatic nitrogens is 1. The Morgan fingerprint density at radius 2 is 1.50 bits per heavy atom. The first-order valence-electron chi connectivity index (χ1n) is 8.21. The fourth-order valence-corrected chi connectivity index (χ4v) is 2.88. The fraction of sp³-hybridized carbons (Fsp3) is 0.200. The van der Waals surface area contributed by atoms with Crippen molar-refractivity contribution in [3.05, 3.63) is 42.2 Å².